The summed E-state index contributed by atoms with van der Waals surface area (Å²) in [6.45, 7) is 7.52. The third kappa shape index (κ3) is 4.14. The molecule has 28 heavy (non-hydrogen) atoms. The van der Waals surface area contributed by atoms with Crippen LogP contribution in [0.15, 0.2) is 42.5 Å². The number of anilines is 1. The van der Waals surface area contributed by atoms with E-state index in [1.165, 1.54) is 5.56 Å². The molecule has 1 amide bonds. The minimum Gasteiger partial charge on any atom is -0.494 e. The number of nitrogens with two attached hydrogens (primary N) is 1. The van der Waals surface area contributed by atoms with Gasteiger partial charge in [-0.25, -0.2) is 0 Å². The van der Waals surface area contributed by atoms with E-state index < -0.39 is 0 Å². The number of carbonyl (C=O) groups excluding carboxylic acids is 1. The molecule has 1 aliphatic heterocycles. The van der Waals surface area contributed by atoms with Crippen molar-refractivity contribution in [1.29, 1.82) is 0 Å². The monoisotopic (exact) mass is 381 g/mol. The van der Waals surface area contributed by atoms with E-state index in [9.17, 15) is 4.79 Å². The van der Waals surface area contributed by atoms with Crippen LogP contribution in [0.1, 0.15) is 67.2 Å². The molecule has 2 aromatic rings. The van der Waals surface area contributed by atoms with Crippen LogP contribution in [-0.4, -0.2) is 19.1 Å². The number of ether oxygens (including phenoxy) is 1. The lowest BCUT2D eigenvalue weighted by molar-refractivity contribution is 0.0953. The largest absolute Gasteiger partial charge is 0.494 e. The van der Waals surface area contributed by atoms with Gasteiger partial charge in [-0.1, -0.05) is 26.0 Å². The predicted molar refractivity (Wildman–Crippen MR) is 114 cm³/mol. The van der Waals surface area contributed by atoms with E-state index in [1.807, 2.05) is 44.2 Å². The highest BCUT2D eigenvalue weighted by Crippen LogP contribution is 2.44. The molecule has 0 spiro atoms. The molecule has 0 fully saturated rings. The number of fused-ring (bicyclic) bond motifs is 1. The molecule has 1 heterocycles. The fourth-order valence-electron chi connectivity index (χ4n) is 3.92. The van der Waals surface area contributed by atoms with E-state index in [-0.39, 0.29) is 23.9 Å². The number of benzene rings is 2. The van der Waals surface area contributed by atoms with Gasteiger partial charge < -0.3 is 21.1 Å². The lowest BCUT2D eigenvalue weighted by Gasteiger charge is -2.39. The van der Waals surface area contributed by atoms with E-state index in [4.69, 9.17) is 10.5 Å². The summed E-state index contributed by atoms with van der Waals surface area (Å²) < 4.78 is 5.56. The summed E-state index contributed by atoms with van der Waals surface area (Å²) in [4.78, 5) is 12.3. The summed E-state index contributed by atoms with van der Waals surface area (Å²) in [7, 11) is 0. The van der Waals surface area contributed by atoms with Gasteiger partial charge in [0, 0.05) is 29.8 Å². The lowest BCUT2D eigenvalue weighted by atomic mass is 9.78. The zero-order valence-corrected chi connectivity index (χ0v) is 17.0. The number of carbonyl (C=O) groups is 1. The zero-order valence-electron chi connectivity index (χ0n) is 17.0. The van der Waals surface area contributed by atoms with Gasteiger partial charge in [0.2, 0.25) is 0 Å². The first-order chi connectivity index (χ1) is 13.6. The van der Waals surface area contributed by atoms with E-state index in [2.05, 4.69) is 29.7 Å². The molecule has 0 radical (unpaired) electrons. The number of hydrogen-bond acceptors (Lipinski definition) is 4. The Morgan fingerprint density at radius 2 is 1.89 bits per heavy atom. The molecule has 5 nitrogen and oxygen atoms in total. The van der Waals surface area contributed by atoms with E-state index in [0.717, 1.165) is 29.8 Å². The van der Waals surface area contributed by atoms with Crippen molar-refractivity contribution in [2.24, 2.45) is 11.7 Å². The van der Waals surface area contributed by atoms with Crippen LogP contribution in [0, 0.1) is 5.92 Å². The Hall–Kier alpha value is -2.53. The van der Waals surface area contributed by atoms with E-state index in [1.54, 1.807) is 0 Å². The Morgan fingerprint density at radius 1 is 1.14 bits per heavy atom. The summed E-state index contributed by atoms with van der Waals surface area (Å²) in [5.41, 5.74) is 10.6. The van der Waals surface area contributed by atoms with Gasteiger partial charge in [0.25, 0.3) is 5.91 Å². The van der Waals surface area contributed by atoms with Gasteiger partial charge in [-0.05, 0) is 61.2 Å². The standard InChI is InChI=1S/C23H31N3O2/c1-4-13-25-23(27)16-9-12-20-19(14-16)21(24)18(5-2)22(26-20)15-7-10-17(11-8-15)28-6-3/h7-12,14,18,21-22,26H,4-6,13,24H2,1-3H3,(H,25,27). The van der Waals surface area contributed by atoms with Gasteiger partial charge in [-0.15, -0.1) is 0 Å². The molecular formula is C23H31N3O2. The van der Waals surface area contributed by atoms with Crippen molar-refractivity contribution in [3.63, 3.8) is 0 Å². The first-order valence-corrected chi connectivity index (χ1v) is 10.3. The molecular weight excluding hydrogens is 350 g/mol. The second kappa shape index (κ2) is 9.11. The molecule has 3 atom stereocenters. The molecule has 3 rings (SSSR count). The molecule has 1 aliphatic rings. The summed E-state index contributed by atoms with van der Waals surface area (Å²) in [6, 6.07) is 14.0. The summed E-state index contributed by atoms with van der Waals surface area (Å²) in [5, 5.41) is 6.59. The first-order valence-electron chi connectivity index (χ1n) is 10.3. The van der Waals surface area contributed by atoms with Crippen molar-refractivity contribution in [3.05, 3.63) is 59.2 Å². The van der Waals surface area contributed by atoms with Crippen molar-refractivity contribution in [2.45, 2.75) is 45.7 Å². The van der Waals surface area contributed by atoms with Crippen molar-refractivity contribution in [3.8, 4) is 5.75 Å². The summed E-state index contributed by atoms with van der Waals surface area (Å²) in [6.07, 6.45) is 1.86. The van der Waals surface area contributed by atoms with Crippen molar-refractivity contribution >= 4 is 11.6 Å². The van der Waals surface area contributed by atoms with Crippen LogP contribution in [-0.2, 0) is 0 Å². The van der Waals surface area contributed by atoms with Gasteiger partial charge in [-0.3, -0.25) is 4.79 Å². The summed E-state index contributed by atoms with van der Waals surface area (Å²) in [5.74, 6) is 1.07. The maximum absolute atomic E-state index is 12.3. The number of hydrogen-bond donors (Lipinski definition) is 3. The van der Waals surface area contributed by atoms with Crippen molar-refractivity contribution in [1.82, 2.24) is 5.32 Å². The maximum Gasteiger partial charge on any atom is 0.251 e. The summed E-state index contributed by atoms with van der Waals surface area (Å²) >= 11 is 0. The Balaban J connectivity index is 1.87. The van der Waals surface area contributed by atoms with Gasteiger partial charge in [0.15, 0.2) is 0 Å². The SMILES string of the molecule is CCCNC(=O)c1ccc2c(c1)C(N)C(CC)C(c1ccc(OCC)cc1)N2. The van der Waals surface area contributed by atoms with Gasteiger partial charge in [0.05, 0.1) is 12.6 Å². The lowest BCUT2D eigenvalue weighted by Crippen LogP contribution is -2.36. The first kappa shape index (κ1) is 20.2. The molecule has 0 aromatic heterocycles. The van der Waals surface area contributed by atoms with Crippen LogP contribution >= 0.6 is 0 Å². The van der Waals surface area contributed by atoms with Crippen LogP contribution in [0.2, 0.25) is 0 Å². The molecule has 3 unspecified atom stereocenters. The molecule has 0 aliphatic carbocycles. The maximum atomic E-state index is 12.3. The second-order valence-corrected chi connectivity index (χ2v) is 7.28. The fourth-order valence-corrected chi connectivity index (χ4v) is 3.92. The molecule has 0 saturated carbocycles. The van der Waals surface area contributed by atoms with Crippen molar-refractivity contribution in [2.75, 3.05) is 18.5 Å². The Labute approximate surface area is 167 Å². The van der Waals surface area contributed by atoms with Crippen molar-refractivity contribution < 1.29 is 9.53 Å². The van der Waals surface area contributed by atoms with Crippen LogP contribution < -0.4 is 21.1 Å². The highest BCUT2D eigenvalue weighted by Gasteiger charge is 2.34. The Morgan fingerprint density at radius 3 is 2.54 bits per heavy atom. The quantitative estimate of drug-likeness (QED) is 0.664. The molecule has 0 bridgehead atoms. The minimum absolute atomic E-state index is 0.0430. The van der Waals surface area contributed by atoms with Gasteiger partial charge >= 0.3 is 0 Å². The van der Waals surface area contributed by atoms with Crippen LogP contribution in [0.5, 0.6) is 5.75 Å². The molecule has 2 aromatic carbocycles. The van der Waals surface area contributed by atoms with Crippen LogP contribution in [0.3, 0.4) is 0 Å². The third-order valence-corrected chi connectivity index (χ3v) is 5.43. The zero-order chi connectivity index (χ0) is 20.1. The van der Waals surface area contributed by atoms with E-state index >= 15 is 0 Å². The predicted octanol–water partition coefficient (Wildman–Crippen LogP) is 4.42. The minimum atomic E-state index is -0.128. The Kier molecular flexibility index (Phi) is 6.57. The van der Waals surface area contributed by atoms with Gasteiger partial charge in [0.1, 0.15) is 5.75 Å². The number of rotatable bonds is 7. The number of amides is 1. The number of nitrogens with one attached hydrogen (secondary N) is 2. The average molecular weight is 382 g/mol. The smallest absolute Gasteiger partial charge is 0.251 e. The highest BCUT2D eigenvalue weighted by atomic mass is 16.5. The Bertz CT molecular complexity index is 804. The molecule has 150 valence electrons. The topological polar surface area (TPSA) is 76.4 Å². The average Bonchev–Trinajstić information content (AvgIpc) is 2.72. The molecule has 0 saturated heterocycles. The van der Waals surface area contributed by atoms with Crippen LogP contribution in [0.25, 0.3) is 0 Å². The third-order valence-electron chi connectivity index (χ3n) is 5.43. The highest BCUT2D eigenvalue weighted by molar-refractivity contribution is 5.95. The van der Waals surface area contributed by atoms with E-state index in [0.29, 0.717) is 18.7 Å². The normalized spacial score (nSPS) is 20.8. The second-order valence-electron chi connectivity index (χ2n) is 7.28. The molecule has 5 heteroatoms. The van der Waals surface area contributed by atoms with Crippen LogP contribution in [0.4, 0.5) is 5.69 Å². The fraction of sp³-hybridized carbons (Fsp3) is 0.435. The molecule has 4 N–H and O–H groups in total. The van der Waals surface area contributed by atoms with Gasteiger partial charge in [-0.2, -0.15) is 0 Å².